The lowest BCUT2D eigenvalue weighted by Crippen LogP contribution is -2.52. The third-order valence-corrected chi connectivity index (χ3v) is 7.68. The van der Waals surface area contributed by atoms with E-state index in [9.17, 15) is 4.79 Å². The molecule has 2 aliphatic heterocycles. The number of aryl methyl sites for hydroxylation is 2. The zero-order chi connectivity index (χ0) is 22.9. The number of likely N-dealkylation sites (tertiary alicyclic amines) is 2. The Labute approximate surface area is 194 Å². The van der Waals surface area contributed by atoms with Crippen molar-refractivity contribution in [3.05, 3.63) is 47.2 Å². The van der Waals surface area contributed by atoms with Crippen LogP contribution in [-0.4, -0.2) is 74.1 Å². The smallest absolute Gasteiger partial charge is 0.239 e. The van der Waals surface area contributed by atoms with E-state index < -0.39 is 6.04 Å². The average Bonchev–Trinajstić information content (AvgIpc) is 3.48. The molecule has 0 radical (unpaired) electrons. The number of carbonyl (C=O) groups is 1. The first kappa shape index (κ1) is 22.1. The van der Waals surface area contributed by atoms with Gasteiger partial charge in [0.05, 0.1) is 29.8 Å². The number of H-pyrrole nitrogens is 2. The number of piperidine rings is 2. The summed E-state index contributed by atoms with van der Waals surface area (Å²) in [6.07, 6.45) is 8.61. The molecule has 33 heavy (non-hydrogen) atoms. The number of nitrogens with zero attached hydrogens (tertiary/aromatic N) is 4. The van der Waals surface area contributed by atoms with Gasteiger partial charge in [0.15, 0.2) is 0 Å². The molecule has 1 aromatic carbocycles. The predicted molar refractivity (Wildman–Crippen MR) is 129 cm³/mol. The van der Waals surface area contributed by atoms with Gasteiger partial charge in [-0.1, -0.05) is 6.07 Å². The number of aromatic amines is 2. The van der Waals surface area contributed by atoms with Gasteiger partial charge in [0, 0.05) is 36.1 Å². The first-order valence-electron chi connectivity index (χ1n) is 12.2. The quantitative estimate of drug-likeness (QED) is 0.555. The third-order valence-electron chi connectivity index (χ3n) is 7.68. The van der Waals surface area contributed by atoms with Crippen LogP contribution in [0.15, 0.2) is 24.7 Å². The molecule has 0 spiro atoms. The Bertz CT molecular complexity index is 1100. The first-order chi connectivity index (χ1) is 16.0. The summed E-state index contributed by atoms with van der Waals surface area (Å²) in [7, 11) is 0. The number of rotatable bonds is 5. The molecule has 4 heterocycles. The SMILES string of the molecule is Cc1nc[nH]c1C1CCN(C2CCN(C(=O)[C@H](N)Cc3cc(C)c4[nH]ncc4c3)CC2)CC1. The van der Waals surface area contributed by atoms with Crippen LogP contribution in [0.1, 0.15) is 54.1 Å². The van der Waals surface area contributed by atoms with Crippen LogP contribution < -0.4 is 5.73 Å². The number of aromatic nitrogens is 4. The van der Waals surface area contributed by atoms with Gasteiger partial charge in [0.25, 0.3) is 0 Å². The highest BCUT2D eigenvalue weighted by molar-refractivity contribution is 5.84. The molecule has 1 amide bonds. The molecule has 8 heteroatoms. The normalized spacial score (nSPS) is 19.9. The van der Waals surface area contributed by atoms with Gasteiger partial charge in [-0.25, -0.2) is 4.98 Å². The van der Waals surface area contributed by atoms with Gasteiger partial charge in [-0.05, 0) is 76.2 Å². The number of benzene rings is 1. The van der Waals surface area contributed by atoms with Crippen molar-refractivity contribution in [2.24, 2.45) is 5.73 Å². The molecule has 4 N–H and O–H groups in total. The molecule has 0 unspecified atom stereocenters. The lowest BCUT2D eigenvalue weighted by Gasteiger charge is -2.42. The van der Waals surface area contributed by atoms with Crippen molar-refractivity contribution in [1.29, 1.82) is 0 Å². The number of amides is 1. The summed E-state index contributed by atoms with van der Waals surface area (Å²) >= 11 is 0. The zero-order valence-electron chi connectivity index (χ0n) is 19.7. The van der Waals surface area contributed by atoms with Crippen molar-refractivity contribution in [2.75, 3.05) is 26.2 Å². The van der Waals surface area contributed by atoms with E-state index in [-0.39, 0.29) is 5.91 Å². The van der Waals surface area contributed by atoms with E-state index in [0.29, 0.717) is 18.4 Å². The van der Waals surface area contributed by atoms with Crippen molar-refractivity contribution in [3.63, 3.8) is 0 Å². The monoisotopic (exact) mass is 449 g/mol. The molecule has 2 aromatic heterocycles. The molecule has 176 valence electrons. The van der Waals surface area contributed by atoms with E-state index >= 15 is 0 Å². The summed E-state index contributed by atoms with van der Waals surface area (Å²) in [6, 6.07) is 4.26. The minimum Gasteiger partial charge on any atom is -0.348 e. The highest BCUT2D eigenvalue weighted by atomic mass is 16.2. The van der Waals surface area contributed by atoms with Crippen LogP contribution in [0, 0.1) is 13.8 Å². The Morgan fingerprint density at radius 3 is 2.61 bits per heavy atom. The molecule has 5 rings (SSSR count). The molecule has 0 aliphatic carbocycles. The van der Waals surface area contributed by atoms with Gasteiger partial charge in [-0.2, -0.15) is 5.10 Å². The molecular weight excluding hydrogens is 414 g/mol. The summed E-state index contributed by atoms with van der Waals surface area (Å²) in [5, 5.41) is 8.21. The fraction of sp³-hybridized carbons (Fsp3) is 0.560. The lowest BCUT2D eigenvalue weighted by atomic mass is 9.90. The van der Waals surface area contributed by atoms with Crippen LogP contribution in [0.2, 0.25) is 0 Å². The Morgan fingerprint density at radius 1 is 1.15 bits per heavy atom. The summed E-state index contributed by atoms with van der Waals surface area (Å²) in [5.41, 5.74) is 12.1. The zero-order valence-corrected chi connectivity index (χ0v) is 19.7. The standard InChI is InChI=1S/C25H35N7O/c1-16-11-18(12-20-14-29-30-23(16)20)13-22(26)25(33)32-9-5-21(6-10-32)31-7-3-19(4-8-31)24-17(2)27-15-28-24/h11-12,14-15,19,21-22H,3-10,13,26H2,1-2H3,(H,27,28)(H,29,30)/t22-/m1/s1. The van der Waals surface area contributed by atoms with E-state index in [2.05, 4.69) is 51.0 Å². The second-order valence-electron chi connectivity index (χ2n) is 9.83. The van der Waals surface area contributed by atoms with Crippen LogP contribution >= 0.6 is 0 Å². The van der Waals surface area contributed by atoms with Gasteiger partial charge in [0.2, 0.25) is 5.91 Å². The maximum Gasteiger partial charge on any atom is 0.239 e. The largest absolute Gasteiger partial charge is 0.348 e. The van der Waals surface area contributed by atoms with Crippen molar-refractivity contribution >= 4 is 16.8 Å². The van der Waals surface area contributed by atoms with Gasteiger partial charge in [-0.15, -0.1) is 0 Å². The number of carbonyl (C=O) groups excluding carboxylic acids is 1. The Morgan fingerprint density at radius 2 is 1.91 bits per heavy atom. The molecule has 3 aromatic rings. The Kier molecular flexibility index (Phi) is 6.21. The number of fused-ring (bicyclic) bond motifs is 1. The molecular formula is C25H35N7O. The molecule has 1 atom stereocenters. The van der Waals surface area contributed by atoms with Crippen LogP contribution in [0.5, 0.6) is 0 Å². The molecule has 0 bridgehead atoms. The van der Waals surface area contributed by atoms with Gasteiger partial charge >= 0.3 is 0 Å². The molecule has 2 saturated heterocycles. The number of nitrogens with two attached hydrogens (primary N) is 1. The van der Waals surface area contributed by atoms with Crippen molar-refractivity contribution < 1.29 is 4.79 Å². The average molecular weight is 450 g/mol. The van der Waals surface area contributed by atoms with Crippen molar-refractivity contribution in [3.8, 4) is 0 Å². The van der Waals surface area contributed by atoms with Crippen LogP contribution in [0.25, 0.3) is 10.9 Å². The van der Waals surface area contributed by atoms with Crippen molar-refractivity contribution in [1.82, 2.24) is 30.0 Å². The molecule has 2 fully saturated rings. The number of hydrogen-bond donors (Lipinski definition) is 3. The summed E-state index contributed by atoms with van der Waals surface area (Å²) < 4.78 is 0. The summed E-state index contributed by atoms with van der Waals surface area (Å²) in [4.78, 5) is 25.4. The summed E-state index contributed by atoms with van der Waals surface area (Å²) in [5.74, 6) is 0.667. The maximum atomic E-state index is 13.0. The van der Waals surface area contributed by atoms with Gasteiger partial charge in [-0.3, -0.25) is 9.89 Å². The van der Waals surface area contributed by atoms with Gasteiger partial charge in [0.1, 0.15) is 0 Å². The topological polar surface area (TPSA) is 107 Å². The summed E-state index contributed by atoms with van der Waals surface area (Å²) in [6.45, 7) is 8.00. The fourth-order valence-electron chi connectivity index (χ4n) is 5.80. The second kappa shape index (κ2) is 9.27. The van der Waals surface area contributed by atoms with E-state index in [4.69, 9.17) is 5.73 Å². The molecule has 8 nitrogen and oxygen atoms in total. The maximum absolute atomic E-state index is 13.0. The lowest BCUT2D eigenvalue weighted by molar-refractivity contribution is -0.134. The van der Waals surface area contributed by atoms with Crippen LogP contribution in [0.3, 0.4) is 0 Å². The Balaban J connectivity index is 1.11. The predicted octanol–water partition coefficient (Wildman–Crippen LogP) is 2.64. The minimum absolute atomic E-state index is 0.0758. The van der Waals surface area contributed by atoms with E-state index in [1.54, 1.807) is 0 Å². The number of hydrogen-bond acceptors (Lipinski definition) is 5. The van der Waals surface area contributed by atoms with Crippen LogP contribution in [0.4, 0.5) is 0 Å². The first-order valence-corrected chi connectivity index (χ1v) is 12.2. The van der Waals surface area contributed by atoms with Gasteiger partial charge < -0.3 is 20.5 Å². The molecule has 2 aliphatic rings. The van der Waals surface area contributed by atoms with E-state index in [1.807, 2.05) is 17.4 Å². The second-order valence-corrected chi connectivity index (χ2v) is 9.83. The Hall–Kier alpha value is -2.71. The molecule has 0 saturated carbocycles. The highest BCUT2D eigenvalue weighted by Crippen LogP contribution is 2.31. The third kappa shape index (κ3) is 4.54. The number of nitrogens with one attached hydrogen (secondary N) is 2. The van der Waals surface area contributed by atoms with Crippen LogP contribution in [-0.2, 0) is 11.2 Å². The number of imidazole rings is 1. The highest BCUT2D eigenvalue weighted by Gasteiger charge is 2.32. The van der Waals surface area contributed by atoms with Crippen molar-refractivity contribution in [2.45, 2.75) is 64.0 Å². The fourth-order valence-corrected chi connectivity index (χ4v) is 5.80. The van der Waals surface area contributed by atoms with E-state index in [0.717, 1.165) is 66.7 Å². The van der Waals surface area contributed by atoms with E-state index in [1.165, 1.54) is 18.5 Å². The minimum atomic E-state index is -0.501.